The number of thiazole rings is 1. The number of carbonyl (C=O) groups is 1. The van der Waals surface area contributed by atoms with Gasteiger partial charge in [-0.05, 0) is 38.4 Å². The zero-order valence-electron chi connectivity index (χ0n) is 16.6. The van der Waals surface area contributed by atoms with Crippen molar-refractivity contribution in [3.63, 3.8) is 0 Å². The van der Waals surface area contributed by atoms with E-state index in [9.17, 15) is 9.18 Å². The molecule has 0 atom stereocenters. The Kier molecular flexibility index (Phi) is 7.78. The summed E-state index contributed by atoms with van der Waals surface area (Å²) in [6.45, 7) is 1.04. The van der Waals surface area contributed by atoms with E-state index in [4.69, 9.17) is 9.47 Å². The van der Waals surface area contributed by atoms with Crippen molar-refractivity contribution in [1.82, 2.24) is 9.88 Å². The Morgan fingerprint density at radius 2 is 1.76 bits per heavy atom. The van der Waals surface area contributed by atoms with Crippen molar-refractivity contribution < 1.29 is 18.7 Å². The van der Waals surface area contributed by atoms with Crippen LogP contribution in [0.2, 0.25) is 0 Å². The molecule has 0 N–H and O–H groups in total. The van der Waals surface area contributed by atoms with Crippen LogP contribution < -0.4 is 14.4 Å². The molecule has 1 amide bonds. The summed E-state index contributed by atoms with van der Waals surface area (Å²) in [7, 11) is 6.91. The van der Waals surface area contributed by atoms with Crippen molar-refractivity contribution in [3.05, 3.63) is 47.8 Å². The zero-order chi connectivity index (χ0) is 20.3. The van der Waals surface area contributed by atoms with Gasteiger partial charge >= 0.3 is 0 Å². The van der Waals surface area contributed by atoms with E-state index in [0.717, 1.165) is 0 Å². The zero-order valence-corrected chi connectivity index (χ0v) is 18.3. The first-order chi connectivity index (χ1) is 13.4. The topological polar surface area (TPSA) is 54.9 Å². The summed E-state index contributed by atoms with van der Waals surface area (Å²) in [5.41, 5.74) is 0.683. The number of rotatable bonds is 7. The molecule has 3 rings (SSSR count). The Balaban J connectivity index is 0.00000300. The van der Waals surface area contributed by atoms with Gasteiger partial charge in [0, 0.05) is 24.7 Å². The van der Waals surface area contributed by atoms with Gasteiger partial charge in [-0.2, -0.15) is 0 Å². The number of anilines is 1. The molecule has 0 radical (unpaired) electrons. The molecular weight excluding hydrogens is 417 g/mol. The molecule has 0 fully saturated rings. The molecule has 0 aliphatic carbocycles. The normalized spacial score (nSPS) is 10.7. The van der Waals surface area contributed by atoms with Gasteiger partial charge < -0.3 is 14.4 Å². The average molecular weight is 440 g/mol. The summed E-state index contributed by atoms with van der Waals surface area (Å²) < 4.78 is 25.3. The first kappa shape index (κ1) is 22.9. The number of benzene rings is 2. The molecule has 6 nitrogen and oxygen atoms in total. The van der Waals surface area contributed by atoms with Crippen LogP contribution in [0.4, 0.5) is 9.52 Å². The Hall–Kier alpha value is -2.42. The number of amides is 1. The number of para-hydroxylation sites is 1. The number of ether oxygens (including phenoxy) is 2. The van der Waals surface area contributed by atoms with Crippen molar-refractivity contribution in [1.29, 1.82) is 0 Å². The minimum absolute atomic E-state index is 0. The van der Waals surface area contributed by atoms with Crippen LogP contribution in [0.3, 0.4) is 0 Å². The molecule has 2 aromatic carbocycles. The molecule has 9 heteroatoms. The predicted molar refractivity (Wildman–Crippen MR) is 117 cm³/mol. The molecular formula is C20H23ClFN3O3S. The van der Waals surface area contributed by atoms with E-state index >= 15 is 0 Å². The molecule has 0 aliphatic heterocycles. The largest absolute Gasteiger partial charge is 0.497 e. The Morgan fingerprint density at radius 1 is 1.10 bits per heavy atom. The minimum atomic E-state index is -0.400. The second-order valence-corrected chi connectivity index (χ2v) is 7.45. The molecule has 0 saturated heterocycles. The van der Waals surface area contributed by atoms with Crippen molar-refractivity contribution in [2.45, 2.75) is 0 Å². The first-order valence-electron chi connectivity index (χ1n) is 8.67. The fourth-order valence-electron chi connectivity index (χ4n) is 2.69. The van der Waals surface area contributed by atoms with Crippen molar-refractivity contribution >= 4 is 45.0 Å². The van der Waals surface area contributed by atoms with E-state index in [2.05, 4.69) is 4.98 Å². The van der Waals surface area contributed by atoms with Gasteiger partial charge in [0.1, 0.15) is 22.8 Å². The summed E-state index contributed by atoms with van der Waals surface area (Å²) in [5, 5.41) is 0.453. The molecule has 0 spiro atoms. The van der Waals surface area contributed by atoms with Crippen molar-refractivity contribution in [2.75, 3.05) is 46.3 Å². The Bertz CT molecular complexity index is 974. The van der Waals surface area contributed by atoms with Crippen LogP contribution in [-0.2, 0) is 0 Å². The van der Waals surface area contributed by atoms with Gasteiger partial charge in [0.05, 0.1) is 18.9 Å². The van der Waals surface area contributed by atoms with Gasteiger partial charge in [0.25, 0.3) is 5.91 Å². The minimum Gasteiger partial charge on any atom is -0.497 e. The number of halogens is 2. The summed E-state index contributed by atoms with van der Waals surface area (Å²) in [6, 6.07) is 9.81. The van der Waals surface area contributed by atoms with Crippen LogP contribution in [0.5, 0.6) is 11.5 Å². The van der Waals surface area contributed by atoms with E-state index in [1.807, 2.05) is 19.0 Å². The van der Waals surface area contributed by atoms with Crippen LogP contribution in [-0.4, -0.2) is 57.2 Å². The summed E-state index contributed by atoms with van der Waals surface area (Å²) in [6.07, 6.45) is 0. The molecule has 0 saturated carbocycles. The highest BCUT2D eigenvalue weighted by Crippen LogP contribution is 2.32. The molecule has 1 heterocycles. The quantitative estimate of drug-likeness (QED) is 0.555. The molecule has 29 heavy (non-hydrogen) atoms. The fourth-order valence-corrected chi connectivity index (χ4v) is 3.69. The molecule has 0 aliphatic rings. The molecule has 0 bridgehead atoms. The van der Waals surface area contributed by atoms with E-state index in [0.29, 0.717) is 40.0 Å². The number of hydrogen-bond acceptors (Lipinski definition) is 6. The number of carbonyl (C=O) groups excluding carboxylic acids is 1. The lowest BCUT2D eigenvalue weighted by atomic mass is 10.1. The van der Waals surface area contributed by atoms with Gasteiger partial charge in [0.15, 0.2) is 5.13 Å². The third kappa shape index (κ3) is 5.14. The summed E-state index contributed by atoms with van der Waals surface area (Å²) >= 11 is 1.29. The summed E-state index contributed by atoms with van der Waals surface area (Å²) in [4.78, 5) is 21.3. The molecule has 0 unspecified atom stereocenters. The highest BCUT2D eigenvalue weighted by atomic mass is 35.5. The van der Waals surface area contributed by atoms with Gasteiger partial charge in [-0.1, -0.05) is 17.4 Å². The van der Waals surface area contributed by atoms with Gasteiger partial charge in [0.2, 0.25) is 0 Å². The number of methoxy groups -OCH3 is 2. The average Bonchev–Trinajstić information content (AvgIpc) is 3.12. The monoisotopic (exact) mass is 439 g/mol. The van der Waals surface area contributed by atoms with E-state index < -0.39 is 5.82 Å². The van der Waals surface area contributed by atoms with Crippen LogP contribution in [0.25, 0.3) is 10.2 Å². The number of fused-ring (bicyclic) bond motifs is 1. The Morgan fingerprint density at radius 3 is 2.31 bits per heavy atom. The van der Waals surface area contributed by atoms with Crippen LogP contribution >= 0.6 is 23.7 Å². The lowest BCUT2D eigenvalue weighted by Crippen LogP contribution is -2.36. The highest BCUT2D eigenvalue weighted by Gasteiger charge is 2.23. The Labute approximate surface area is 179 Å². The molecule has 1 aromatic heterocycles. The van der Waals surface area contributed by atoms with Crippen molar-refractivity contribution in [3.8, 4) is 11.5 Å². The lowest BCUT2D eigenvalue weighted by molar-refractivity contribution is 0.0984. The number of nitrogens with zero attached hydrogens (tertiary/aromatic N) is 3. The van der Waals surface area contributed by atoms with Crippen molar-refractivity contribution in [2.24, 2.45) is 0 Å². The number of aromatic nitrogens is 1. The van der Waals surface area contributed by atoms with Gasteiger partial charge in [-0.25, -0.2) is 9.37 Å². The maximum absolute atomic E-state index is 14.1. The van der Waals surface area contributed by atoms with E-state index in [1.54, 1.807) is 35.2 Å². The van der Waals surface area contributed by atoms with E-state index in [-0.39, 0.29) is 23.8 Å². The predicted octanol–water partition coefficient (Wildman–Crippen LogP) is 4.08. The fraction of sp³-hybridized carbons (Fsp3) is 0.300. The third-order valence-electron chi connectivity index (χ3n) is 4.20. The van der Waals surface area contributed by atoms with Crippen LogP contribution in [0, 0.1) is 5.82 Å². The van der Waals surface area contributed by atoms with Crippen LogP contribution in [0.15, 0.2) is 36.4 Å². The maximum atomic E-state index is 14.1. The lowest BCUT2D eigenvalue weighted by Gasteiger charge is -2.22. The molecule has 3 aromatic rings. The first-order valence-corrected chi connectivity index (χ1v) is 9.49. The van der Waals surface area contributed by atoms with Gasteiger partial charge in [-0.15, -0.1) is 12.4 Å². The molecule has 156 valence electrons. The van der Waals surface area contributed by atoms with E-state index in [1.165, 1.54) is 31.6 Å². The second-order valence-electron chi connectivity index (χ2n) is 6.44. The second kappa shape index (κ2) is 9.87. The maximum Gasteiger partial charge on any atom is 0.260 e. The SMILES string of the molecule is COc1cc(OC)cc(C(=O)N(CCN(C)C)c2nc3c(F)cccc3s2)c1.Cl. The number of hydrogen-bond donors (Lipinski definition) is 0. The third-order valence-corrected chi connectivity index (χ3v) is 5.25. The van der Waals surface area contributed by atoms with Gasteiger partial charge in [-0.3, -0.25) is 9.69 Å². The summed E-state index contributed by atoms with van der Waals surface area (Å²) in [5.74, 6) is 0.387. The number of likely N-dealkylation sites (N-methyl/N-ethyl adjacent to an activating group) is 1. The standard InChI is InChI=1S/C20H22FN3O3S.ClH/c1-23(2)8-9-24(20-22-18-16(21)6-5-7-17(18)28-20)19(25)13-10-14(26-3)12-15(11-13)27-4;/h5-7,10-12H,8-9H2,1-4H3;1H. The highest BCUT2D eigenvalue weighted by molar-refractivity contribution is 7.22. The smallest absolute Gasteiger partial charge is 0.260 e. The van der Waals surface area contributed by atoms with Crippen LogP contribution in [0.1, 0.15) is 10.4 Å².